The summed E-state index contributed by atoms with van der Waals surface area (Å²) >= 11 is 0. The van der Waals surface area contributed by atoms with Gasteiger partial charge >= 0.3 is 0 Å². The number of hydrogen-bond donors (Lipinski definition) is 1. The van der Waals surface area contributed by atoms with Crippen molar-refractivity contribution >= 4 is 0 Å². The monoisotopic (exact) mass is 331 g/mol. The van der Waals surface area contributed by atoms with Crippen LogP contribution in [-0.4, -0.2) is 35.2 Å². The lowest BCUT2D eigenvalue weighted by Crippen LogP contribution is -2.43. The highest BCUT2D eigenvalue weighted by Gasteiger charge is 2.24. The fraction of sp³-hybridized carbons (Fsp3) is 0.400. The first kappa shape index (κ1) is 17.1. The summed E-state index contributed by atoms with van der Waals surface area (Å²) in [6, 6.07) is 12.3. The van der Waals surface area contributed by atoms with Gasteiger partial charge in [-0.15, -0.1) is 0 Å². The highest BCUT2D eigenvalue weighted by atomic mass is 19.1. The summed E-state index contributed by atoms with van der Waals surface area (Å²) in [5.41, 5.74) is 1.51. The van der Waals surface area contributed by atoms with Crippen molar-refractivity contribution < 1.29 is 13.9 Å². The summed E-state index contributed by atoms with van der Waals surface area (Å²) in [7, 11) is 0. The van der Waals surface area contributed by atoms with Crippen LogP contribution in [0.1, 0.15) is 25.3 Å². The van der Waals surface area contributed by atoms with Gasteiger partial charge in [0.1, 0.15) is 11.6 Å². The molecule has 2 atom stereocenters. The van der Waals surface area contributed by atoms with Gasteiger partial charge in [0.25, 0.3) is 0 Å². The first-order valence-electron chi connectivity index (χ1n) is 8.50. The molecule has 0 saturated carbocycles. The van der Waals surface area contributed by atoms with Gasteiger partial charge < -0.3 is 10.0 Å². The van der Waals surface area contributed by atoms with E-state index in [1.807, 2.05) is 37.3 Å². The molecule has 4 heteroatoms. The van der Waals surface area contributed by atoms with Crippen molar-refractivity contribution in [3.8, 4) is 11.1 Å². The molecule has 1 N–H and O–H groups in total. The van der Waals surface area contributed by atoms with E-state index in [1.165, 1.54) is 12.1 Å². The van der Waals surface area contributed by atoms with E-state index in [0.717, 1.165) is 24.9 Å². The lowest BCUT2D eigenvalue weighted by atomic mass is 9.98. The topological polar surface area (TPSA) is 23.5 Å². The zero-order valence-electron chi connectivity index (χ0n) is 13.9. The van der Waals surface area contributed by atoms with Gasteiger partial charge in [-0.25, -0.2) is 8.78 Å². The Labute approximate surface area is 141 Å². The van der Waals surface area contributed by atoms with Crippen molar-refractivity contribution in [2.24, 2.45) is 0 Å². The van der Waals surface area contributed by atoms with Crippen LogP contribution in [0.15, 0.2) is 42.5 Å². The second-order valence-electron chi connectivity index (χ2n) is 6.60. The summed E-state index contributed by atoms with van der Waals surface area (Å²) in [6.45, 7) is 3.42. The SMILES string of the molecule is CC1CC(O)CCN1CCc1c(F)cc(-c2ccccc2)cc1F. The molecule has 2 unspecified atom stereocenters. The van der Waals surface area contributed by atoms with Gasteiger partial charge in [-0.3, -0.25) is 0 Å². The largest absolute Gasteiger partial charge is 0.393 e. The minimum Gasteiger partial charge on any atom is -0.393 e. The average molecular weight is 331 g/mol. The quantitative estimate of drug-likeness (QED) is 0.915. The normalized spacial score (nSPS) is 21.8. The number of halogens is 2. The Morgan fingerprint density at radius 2 is 1.75 bits per heavy atom. The third kappa shape index (κ3) is 3.82. The summed E-state index contributed by atoms with van der Waals surface area (Å²) in [5, 5.41) is 9.66. The second kappa shape index (κ2) is 7.41. The Kier molecular flexibility index (Phi) is 5.27. The van der Waals surface area contributed by atoms with Crippen LogP contribution in [0.2, 0.25) is 0 Å². The molecule has 24 heavy (non-hydrogen) atoms. The molecule has 2 aromatic carbocycles. The van der Waals surface area contributed by atoms with E-state index < -0.39 is 11.6 Å². The van der Waals surface area contributed by atoms with Gasteiger partial charge in [-0.05, 0) is 49.4 Å². The smallest absolute Gasteiger partial charge is 0.129 e. The molecule has 2 aromatic rings. The molecule has 3 rings (SSSR count). The minimum absolute atomic E-state index is 0.146. The minimum atomic E-state index is -0.487. The molecule has 0 bridgehead atoms. The fourth-order valence-electron chi connectivity index (χ4n) is 3.42. The van der Waals surface area contributed by atoms with E-state index in [-0.39, 0.29) is 17.7 Å². The molecule has 1 heterocycles. The third-order valence-corrected chi connectivity index (χ3v) is 4.88. The number of hydrogen-bond acceptors (Lipinski definition) is 2. The van der Waals surface area contributed by atoms with Gasteiger partial charge in [-0.2, -0.15) is 0 Å². The van der Waals surface area contributed by atoms with Crippen LogP contribution in [0.25, 0.3) is 11.1 Å². The average Bonchev–Trinajstić information content (AvgIpc) is 2.56. The molecular formula is C20H23F2NO. The van der Waals surface area contributed by atoms with Crippen molar-refractivity contribution in [1.29, 1.82) is 0 Å². The highest BCUT2D eigenvalue weighted by molar-refractivity contribution is 5.63. The molecule has 0 amide bonds. The predicted octanol–water partition coefficient (Wildman–Crippen LogP) is 4.02. The van der Waals surface area contributed by atoms with Crippen molar-refractivity contribution in [2.45, 2.75) is 38.3 Å². The molecule has 0 aromatic heterocycles. The first-order chi connectivity index (χ1) is 11.5. The van der Waals surface area contributed by atoms with Gasteiger partial charge in [0.05, 0.1) is 6.10 Å². The standard InChI is InChI=1S/C20H23F2NO/c1-14-11-17(24)7-9-23(14)10-8-18-19(21)12-16(13-20(18)22)15-5-3-2-4-6-15/h2-6,12-14,17,24H,7-11H2,1H3. The van der Waals surface area contributed by atoms with E-state index in [9.17, 15) is 13.9 Å². The van der Waals surface area contributed by atoms with E-state index >= 15 is 0 Å². The van der Waals surface area contributed by atoms with Crippen LogP contribution in [-0.2, 0) is 6.42 Å². The van der Waals surface area contributed by atoms with Crippen LogP contribution >= 0.6 is 0 Å². The van der Waals surface area contributed by atoms with Gasteiger partial charge in [0.15, 0.2) is 0 Å². The number of likely N-dealkylation sites (tertiary alicyclic amines) is 1. The summed E-state index contributed by atoms with van der Waals surface area (Å²) in [4.78, 5) is 2.19. The van der Waals surface area contributed by atoms with Crippen LogP contribution in [0, 0.1) is 11.6 Å². The van der Waals surface area contributed by atoms with Crippen molar-refractivity contribution in [3.63, 3.8) is 0 Å². The summed E-state index contributed by atoms with van der Waals surface area (Å²) in [5.74, 6) is -0.975. The Hall–Kier alpha value is -1.78. The fourth-order valence-corrected chi connectivity index (χ4v) is 3.42. The zero-order valence-corrected chi connectivity index (χ0v) is 13.9. The molecule has 0 radical (unpaired) electrons. The van der Waals surface area contributed by atoms with Crippen molar-refractivity contribution in [2.75, 3.05) is 13.1 Å². The first-order valence-corrected chi connectivity index (χ1v) is 8.50. The highest BCUT2D eigenvalue weighted by Crippen LogP contribution is 2.25. The zero-order chi connectivity index (χ0) is 17.1. The molecular weight excluding hydrogens is 308 g/mol. The van der Waals surface area contributed by atoms with Gasteiger partial charge in [-0.1, -0.05) is 30.3 Å². The van der Waals surface area contributed by atoms with Gasteiger partial charge in [0, 0.05) is 24.7 Å². The third-order valence-electron chi connectivity index (χ3n) is 4.88. The van der Waals surface area contributed by atoms with Crippen LogP contribution in [0.3, 0.4) is 0 Å². The lowest BCUT2D eigenvalue weighted by Gasteiger charge is -2.35. The van der Waals surface area contributed by atoms with Crippen molar-refractivity contribution in [1.82, 2.24) is 4.90 Å². The Morgan fingerprint density at radius 1 is 1.08 bits per heavy atom. The summed E-state index contributed by atoms with van der Waals surface area (Å²) in [6.07, 6.45) is 1.53. The number of nitrogens with zero attached hydrogens (tertiary/aromatic N) is 1. The molecule has 2 nitrogen and oxygen atoms in total. The Balaban J connectivity index is 1.72. The maximum atomic E-state index is 14.4. The van der Waals surface area contributed by atoms with Crippen LogP contribution < -0.4 is 0 Å². The molecule has 128 valence electrons. The maximum absolute atomic E-state index is 14.4. The van der Waals surface area contributed by atoms with Gasteiger partial charge in [0.2, 0.25) is 0 Å². The molecule has 0 aliphatic carbocycles. The van der Waals surface area contributed by atoms with E-state index in [2.05, 4.69) is 4.90 Å². The lowest BCUT2D eigenvalue weighted by molar-refractivity contribution is 0.0488. The second-order valence-corrected chi connectivity index (χ2v) is 6.60. The van der Waals surface area contributed by atoms with Crippen molar-refractivity contribution in [3.05, 3.63) is 59.7 Å². The number of rotatable bonds is 4. The van der Waals surface area contributed by atoms with Crippen LogP contribution in [0.5, 0.6) is 0 Å². The number of piperidine rings is 1. The molecule has 1 saturated heterocycles. The molecule has 0 spiro atoms. The molecule has 1 aliphatic heterocycles. The number of aliphatic hydroxyl groups is 1. The van der Waals surface area contributed by atoms with Crippen LogP contribution in [0.4, 0.5) is 8.78 Å². The van der Waals surface area contributed by atoms with E-state index in [4.69, 9.17) is 0 Å². The summed E-state index contributed by atoms with van der Waals surface area (Å²) < 4.78 is 28.8. The molecule has 1 aliphatic rings. The number of aliphatic hydroxyl groups excluding tert-OH is 1. The maximum Gasteiger partial charge on any atom is 0.129 e. The predicted molar refractivity (Wildman–Crippen MR) is 91.8 cm³/mol. The number of benzene rings is 2. The van der Waals surface area contributed by atoms with E-state index in [1.54, 1.807) is 0 Å². The van der Waals surface area contributed by atoms with E-state index in [0.29, 0.717) is 18.5 Å². The molecule has 1 fully saturated rings. The Bertz CT molecular complexity index is 666. The Morgan fingerprint density at radius 3 is 2.38 bits per heavy atom.